The Hall–Kier alpha value is -1.34. The Bertz CT molecular complexity index is 466. The third-order valence-electron chi connectivity index (χ3n) is 2.54. The molecule has 0 bridgehead atoms. The minimum absolute atomic E-state index is 0.0639. The zero-order valence-electron chi connectivity index (χ0n) is 9.80. The van der Waals surface area contributed by atoms with Gasteiger partial charge in [0, 0.05) is 11.9 Å². The van der Waals surface area contributed by atoms with Crippen LogP contribution in [0.5, 0.6) is 0 Å². The van der Waals surface area contributed by atoms with Gasteiger partial charge in [-0.05, 0) is 31.4 Å². The summed E-state index contributed by atoms with van der Waals surface area (Å²) in [4.78, 5) is 14.6. The number of hydrogen-bond donors (Lipinski definition) is 2. The van der Waals surface area contributed by atoms with Crippen LogP contribution in [0.2, 0.25) is 0 Å². The summed E-state index contributed by atoms with van der Waals surface area (Å²) in [5, 5.41) is 8.79. The molecule has 2 unspecified atom stereocenters. The summed E-state index contributed by atoms with van der Waals surface area (Å²) in [7, 11) is 0. The number of carboxylic acids is 1. The molecule has 1 heterocycles. The first-order valence-electron chi connectivity index (χ1n) is 5.36. The van der Waals surface area contributed by atoms with Crippen LogP contribution in [0.4, 0.5) is 4.39 Å². The fourth-order valence-corrected chi connectivity index (χ4v) is 1.80. The summed E-state index contributed by atoms with van der Waals surface area (Å²) in [6.45, 7) is 1.45. The van der Waals surface area contributed by atoms with Crippen LogP contribution in [0.1, 0.15) is 30.5 Å². The number of aromatic nitrogens is 1. The van der Waals surface area contributed by atoms with Crippen molar-refractivity contribution >= 4 is 17.0 Å². The highest BCUT2D eigenvalue weighted by molar-refractivity contribution is 7.79. The van der Waals surface area contributed by atoms with Gasteiger partial charge in [0.15, 0.2) is 11.1 Å². The molecule has 7 heteroatoms. The van der Waals surface area contributed by atoms with E-state index in [2.05, 4.69) is 4.98 Å². The van der Waals surface area contributed by atoms with E-state index in [1.54, 1.807) is 0 Å². The second kappa shape index (κ2) is 6.55. The Balaban J connectivity index is 2.73. The predicted molar refractivity (Wildman–Crippen MR) is 64.2 cm³/mol. The van der Waals surface area contributed by atoms with Crippen molar-refractivity contribution in [1.82, 2.24) is 4.98 Å². The summed E-state index contributed by atoms with van der Waals surface area (Å²) in [5.74, 6) is -2.37. The van der Waals surface area contributed by atoms with Crippen molar-refractivity contribution in [3.05, 3.63) is 29.3 Å². The van der Waals surface area contributed by atoms with Gasteiger partial charge in [-0.3, -0.25) is 9.78 Å². The zero-order chi connectivity index (χ0) is 13.7. The Labute approximate surface area is 106 Å². The quantitative estimate of drug-likeness (QED) is 0.769. The number of aryl methyl sites for hydroxylation is 1. The number of nitrogens with zero attached hydrogens (tertiary/aromatic N) is 1. The number of rotatable bonds is 6. The minimum Gasteiger partial charge on any atom is -0.481 e. The van der Waals surface area contributed by atoms with Crippen molar-refractivity contribution in [2.45, 2.75) is 25.7 Å². The molecule has 0 amide bonds. The molecule has 5 nitrogen and oxygen atoms in total. The molecule has 1 rings (SSSR count). The predicted octanol–water partition coefficient (Wildman–Crippen LogP) is 1.56. The van der Waals surface area contributed by atoms with Gasteiger partial charge in [0.25, 0.3) is 0 Å². The molecule has 1 aromatic rings. The number of aliphatic carboxylic acids is 1. The zero-order valence-corrected chi connectivity index (χ0v) is 10.6. The highest BCUT2D eigenvalue weighted by Gasteiger charge is 2.16. The lowest BCUT2D eigenvalue weighted by molar-refractivity contribution is -0.138. The summed E-state index contributed by atoms with van der Waals surface area (Å²) in [5.41, 5.74) is 0.483. The van der Waals surface area contributed by atoms with Crippen LogP contribution >= 0.6 is 0 Å². The number of halogens is 1. The smallest absolute Gasteiger partial charge is 0.310 e. The summed E-state index contributed by atoms with van der Waals surface area (Å²) >= 11 is -1.89. The molecule has 0 saturated carbocycles. The number of pyridine rings is 1. The van der Waals surface area contributed by atoms with Crippen molar-refractivity contribution in [3.63, 3.8) is 0 Å². The first-order valence-corrected chi connectivity index (χ1v) is 6.64. The second-order valence-electron chi connectivity index (χ2n) is 3.89. The van der Waals surface area contributed by atoms with E-state index in [0.717, 1.165) is 6.07 Å². The SMILES string of the molecule is CC(C(=O)O)c1cnc(CCCS(=O)O)c(F)c1. The Morgan fingerprint density at radius 1 is 1.61 bits per heavy atom. The largest absolute Gasteiger partial charge is 0.481 e. The maximum atomic E-state index is 13.6. The molecule has 0 aliphatic rings. The van der Waals surface area contributed by atoms with Gasteiger partial charge < -0.3 is 9.66 Å². The molecule has 100 valence electrons. The third kappa shape index (κ3) is 4.15. The van der Waals surface area contributed by atoms with Crippen LogP contribution in [-0.2, 0) is 22.3 Å². The number of carboxylic acid groups (broad SMARTS) is 1. The van der Waals surface area contributed by atoms with Crippen molar-refractivity contribution in [2.24, 2.45) is 0 Å². The third-order valence-corrected chi connectivity index (χ3v) is 3.18. The fourth-order valence-electron chi connectivity index (χ4n) is 1.41. The van der Waals surface area contributed by atoms with Gasteiger partial charge in [-0.25, -0.2) is 8.60 Å². The molecule has 18 heavy (non-hydrogen) atoms. The molecule has 0 radical (unpaired) electrons. The van der Waals surface area contributed by atoms with Crippen LogP contribution in [0.15, 0.2) is 12.3 Å². The molecular formula is C11H14FNO4S. The summed E-state index contributed by atoms with van der Waals surface area (Å²) in [6.07, 6.45) is 1.92. The lowest BCUT2D eigenvalue weighted by atomic mass is 10.0. The summed E-state index contributed by atoms with van der Waals surface area (Å²) in [6, 6.07) is 1.15. The van der Waals surface area contributed by atoms with Gasteiger partial charge in [0.2, 0.25) is 0 Å². The van der Waals surface area contributed by atoms with E-state index in [-0.39, 0.29) is 17.9 Å². The Morgan fingerprint density at radius 2 is 2.28 bits per heavy atom. The number of hydrogen-bond acceptors (Lipinski definition) is 3. The van der Waals surface area contributed by atoms with Gasteiger partial charge in [0.1, 0.15) is 5.82 Å². The normalized spacial score (nSPS) is 14.2. The average molecular weight is 275 g/mol. The van der Waals surface area contributed by atoms with Crippen molar-refractivity contribution < 1.29 is 23.1 Å². The number of carbonyl (C=O) groups is 1. The Morgan fingerprint density at radius 3 is 2.78 bits per heavy atom. The topological polar surface area (TPSA) is 87.5 Å². The maximum absolute atomic E-state index is 13.6. The van der Waals surface area contributed by atoms with Gasteiger partial charge in [-0.15, -0.1) is 0 Å². The lowest BCUT2D eigenvalue weighted by Crippen LogP contribution is -2.09. The molecule has 0 spiro atoms. The lowest BCUT2D eigenvalue weighted by Gasteiger charge is -2.08. The summed E-state index contributed by atoms with van der Waals surface area (Å²) < 4.78 is 32.6. The van der Waals surface area contributed by atoms with Gasteiger partial charge in [-0.1, -0.05) is 0 Å². The van der Waals surface area contributed by atoms with E-state index in [9.17, 15) is 13.4 Å². The van der Waals surface area contributed by atoms with Crippen LogP contribution in [-0.4, -0.2) is 30.6 Å². The maximum Gasteiger partial charge on any atom is 0.310 e. The van der Waals surface area contributed by atoms with E-state index in [4.69, 9.17) is 9.66 Å². The minimum atomic E-state index is -1.89. The van der Waals surface area contributed by atoms with E-state index in [0.29, 0.717) is 12.0 Å². The van der Waals surface area contributed by atoms with Crippen LogP contribution in [0.3, 0.4) is 0 Å². The van der Waals surface area contributed by atoms with Gasteiger partial charge in [0.05, 0.1) is 11.6 Å². The first kappa shape index (κ1) is 14.7. The first-order chi connectivity index (χ1) is 8.41. The fraction of sp³-hybridized carbons (Fsp3) is 0.455. The standard InChI is InChI=1S/C11H14FNO4S/c1-7(11(14)15)8-5-9(12)10(13-6-8)3-2-4-18(16)17/h5-7H,2-4H2,1H3,(H,14,15)(H,16,17). The van der Waals surface area contributed by atoms with E-state index < -0.39 is 28.8 Å². The second-order valence-corrected chi connectivity index (χ2v) is 4.94. The molecule has 0 aromatic carbocycles. The highest BCUT2D eigenvalue weighted by Crippen LogP contribution is 2.17. The van der Waals surface area contributed by atoms with Crippen molar-refractivity contribution in [2.75, 3.05) is 5.75 Å². The molecule has 0 aliphatic carbocycles. The highest BCUT2D eigenvalue weighted by atomic mass is 32.2. The molecular weight excluding hydrogens is 261 g/mol. The monoisotopic (exact) mass is 275 g/mol. The van der Waals surface area contributed by atoms with E-state index >= 15 is 0 Å². The van der Waals surface area contributed by atoms with E-state index in [1.165, 1.54) is 13.1 Å². The molecule has 0 saturated heterocycles. The van der Waals surface area contributed by atoms with E-state index in [1.807, 2.05) is 0 Å². The van der Waals surface area contributed by atoms with Crippen LogP contribution in [0, 0.1) is 5.82 Å². The Kier molecular flexibility index (Phi) is 5.36. The molecule has 2 atom stereocenters. The van der Waals surface area contributed by atoms with Crippen LogP contribution in [0.25, 0.3) is 0 Å². The molecule has 2 N–H and O–H groups in total. The van der Waals surface area contributed by atoms with Crippen molar-refractivity contribution in [1.29, 1.82) is 0 Å². The van der Waals surface area contributed by atoms with Crippen molar-refractivity contribution in [3.8, 4) is 0 Å². The average Bonchev–Trinajstić information content (AvgIpc) is 2.29. The van der Waals surface area contributed by atoms with Gasteiger partial charge in [-0.2, -0.15) is 0 Å². The molecule has 0 fully saturated rings. The van der Waals surface area contributed by atoms with Crippen LogP contribution < -0.4 is 0 Å². The van der Waals surface area contributed by atoms with Gasteiger partial charge >= 0.3 is 5.97 Å². The molecule has 1 aromatic heterocycles. The molecule has 0 aliphatic heterocycles.